The fraction of sp³-hybridized carbons (Fsp3) is 0.267. The first kappa shape index (κ1) is 12.3. The molecule has 1 heterocycles. The molecule has 0 saturated heterocycles. The maximum Gasteiger partial charge on any atom is 0.101 e. The molecule has 0 saturated carbocycles. The van der Waals surface area contributed by atoms with Gasteiger partial charge in [0.05, 0.1) is 11.1 Å². The number of nitrogens with zero attached hydrogens (tertiary/aromatic N) is 3. The molecular weight excluding hydrogens is 222 g/mol. The van der Waals surface area contributed by atoms with Crippen molar-refractivity contribution in [3.8, 4) is 6.07 Å². The molecule has 1 aromatic heterocycles. The highest BCUT2D eigenvalue weighted by Crippen LogP contribution is 2.20. The number of hydrogen-bond donors (Lipinski definition) is 0. The number of aliphatic imine (C=N–C) groups is 1. The summed E-state index contributed by atoms with van der Waals surface area (Å²) in [5.41, 5.74) is 3.67. The summed E-state index contributed by atoms with van der Waals surface area (Å²) in [6.07, 6.45) is 4.45. The van der Waals surface area contributed by atoms with E-state index >= 15 is 0 Å². The van der Waals surface area contributed by atoms with Gasteiger partial charge in [-0.3, -0.25) is 9.98 Å². The van der Waals surface area contributed by atoms with E-state index in [1.165, 1.54) is 0 Å². The van der Waals surface area contributed by atoms with Crippen molar-refractivity contribution in [2.75, 3.05) is 6.54 Å². The van der Waals surface area contributed by atoms with Gasteiger partial charge in [0, 0.05) is 18.1 Å². The zero-order valence-electron chi connectivity index (χ0n) is 10.6. The molecule has 3 nitrogen and oxygen atoms in total. The Morgan fingerprint density at radius 1 is 1.39 bits per heavy atom. The number of aromatic nitrogens is 1. The monoisotopic (exact) mass is 237 g/mol. The van der Waals surface area contributed by atoms with Crippen LogP contribution in [0.4, 0.5) is 0 Å². The van der Waals surface area contributed by atoms with E-state index in [-0.39, 0.29) is 0 Å². The minimum Gasteiger partial charge on any atom is -0.297 e. The number of rotatable bonds is 3. The minimum absolute atomic E-state index is 0.642. The lowest BCUT2D eigenvalue weighted by molar-refractivity contribution is 0.973. The fourth-order valence-corrected chi connectivity index (χ4v) is 1.97. The number of aryl methyl sites for hydroxylation is 1. The molecule has 0 aliphatic carbocycles. The van der Waals surface area contributed by atoms with E-state index in [2.05, 4.69) is 28.2 Å². The van der Waals surface area contributed by atoms with Crippen molar-refractivity contribution in [3.63, 3.8) is 0 Å². The third kappa shape index (κ3) is 2.54. The molecule has 0 spiro atoms. The minimum atomic E-state index is 0.642. The summed E-state index contributed by atoms with van der Waals surface area (Å²) in [5, 5.41) is 10.2. The lowest BCUT2D eigenvalue weighted by Gasteiger charge is -2.05. The topological polar surface area (TPSA) is 49.0 Å². The van der Waals surface area contributed by atoms with Crippen LogP contribution >= 0.6 is 0 Å². The van der Waals surface area contributed by atoms with E-state index in [0.717, 1.165) is 35.0 Å². The molecule has 0 fully saturated rings. The van der Waals surface area contributed by atoms with Crippen LogP contribution in [0, 0.1) is 18.3 Å². The Balaban J connectivity index is 2.47. The molecule has 0 amide bonds. The van der Waals surface area contributed by atoms with Crippen LogP contribution in [0.15, 0.2) is 29.4 Å². The highest BCUT2D eigenvalue weighted by Gasteiger charge is 2.05. The van der Waals surface area contributed by atoms with Crippen molar-refractivity contribution in [1.82, 2.24) is 4.98 Å². The molecule has 0 aliphatic heterocycles. The maximum atomic E-state index is 9.18. The van der Waals surface area contributed by atoms with Crippen molar-refractivity contribution in [2.24, 2.45) is 4.99 Å². The Bertz CT molecular complexity index is 636. The van der Waals surface area contributed by atoms with Crippen LogP contribution in [0.5, 0.6) is 0 Å². The normalized spacial score (nSPS) is 10.9. The van der Waals surface area contributed by atoms with E-state index in [1.807, 2.05) is 19.9 Å². The maximum absolute atomic E-state index is 9.18. The summed E-state index contributed by atoms with van der Waals surface area (Å²) in [6, 6.07) is 8.30. The molecule has 1 aromatic carbocycles. The van der Waals surface area contributed by atoms with Gasteiger partial charge in [-0.1, -0.05) is 0 Å². The summed E-state index contributed by atoms with van der Waals surface area (Å²) in [4.78, 5) is 8.53. The molecule has 90 valence electrons. The van der Waals surface area contributed by atoms with Crippen molar-refractivity contribution < 1.29 is 0 Å². The third-order valence-corrected chi connectivity index (χ3v) is 2.81. The van der Waals surface area contributed by atoms with Crippen molar-refractivity contribution in [1.29, 1.82) is 5.26 Å². The standard InChI is InChI=1S/C15H15N3/c1-3-17-5-4-12-7-13-6-11(2)10-18-15(13)14(8-12)9-16/h3,6-8,10H,4-5H2,1-2H3/b17-3-. The Morgan fingerprint density at radius 2 is 2.22 bits per heavy atom. The molecule has 0 atom stereocenters. The van der Waals surface area contributed by atoms with Gasteiger partial charge < -0.3 is 0 Å². The van der Waals surface area contributed by atoms with Gasteiger partial charge in [0.1, 0.15) is 6.07 Å². The number of fused-ring (bicyclic) bond motifs is 1. The van der Waals surface area contributed by atoms with Crippen molar-refractivity contribution in [2.45, 2.75) is 20.3 Å². The summed E-state index contributed by atoms with van der Waals surface area (Å²) < 4.78 is 0. The summed E-state index contributed by atoms with van der Waals surface area (Å²) >= 11 is 0. The van der Waals surface area contributed by atoms with Gasteiger partial charge >= 0.3 is 0 Å². The van der Waals surface area contributed by atoms with Gasteiger partial charge in [-0.05, 0) is 55.8 Å². The Hall–Kier alpha value is -2.21. The highest BCUT2D eigenvalue weighted by molar-refractivity contribution is 5.85. The highest BCUT2D eigenvalue weighted by atomic mass is 14.7. The lowest BCUT2D eigenvalue weighted by atomic mass is 10.0. The number of benzene rings is 1. The lowest BCUT2D eigenvalue weighted by Crippen LogP contribution is -1.94. The molecule has 2 aromatic rings. The number of hydrogen-bond acceptors (Lipinski definition) is 3. The molecule has 0 N–H and O–H groups in total. The van der Waals surface area contributed by atoms with Gasteiger partial charge in [-0.25, -0.2) is 0 Å². The van der Waals surface area contributed by atoms with Crippen molar-refractivity contribution in [3.05, 3.63) is 41.1 Å². The van der Waals surface area contributed by atoms with E-state index in [0.29, 0.717) is 5.56 Å². The second kappa shape index (κ2) is 5.42. The molecule has 0 bridgehead atoms. The van der Waals surface area contributed by atoms with Gasteiger partial charge in [0.25, 0.3) is 0 Å². The molecule has 3 heteroatoms. The zero-order chi connectivity index (χ0) is 13.0. The Kier molecular flexibility index (Phi) is 3.69. The summed E-state index contributed by atoms with van der Waals surface area (Å²) in [5.74, 6) is 0. The van der Waals surface area contributed by atoms with Crippen LogP contribution in [0.1, 0.15) is 23.6 Å². The van der Waals surface area contributed by atoms with E-state index in [1.54, 1.807) is 12.4 Å². The quantitative estimate of drug-likeness (QED) is 0.770. The van der Waals surface area contributed by atoms with E-state index in [4.69, 9.17) is 0 Å². The fourth-order valence-electron chi connectivity index (χ4n) is 1.97. The summed E-state index contributed by atoms with van der Waals surface area (Å²) in [6.45, 7) is 4.67. The van der Waals surface area contributed by atoms with E-state index in [9.17, 15) is 5.26 Å². The smallest absolute Gasteiger partial charge is 0.101 e. The second-order valence-corrected chi connectivity index (χ2v) is 4.25. The third-order valence-electron chi connectivity index (χ3n) is 2.81. The first-order chi connectivity index (χ1) is 8.74. The molecule has 0 aliphatic rings. The Morgan fingerprint density at radius 3 is 2.94 bits per heavy atom. The van der Waals surface area contributed by atoms with Crippen LogP contribution in [-0.2, 0) is 6.42 Å². The molecule has 2 rings (SSSR count). The van der Waals surface area contributed by atoms with Gasteiger partial charge in [-0.2, -0.15) is 5.26 Å². The van der Waals surface area contributed by atoms with Crippen molar-refractivity contribution >= 4 is 17.1 Å². The van der Waals surface area contributed by atoms with Gasteiger partial charge in [-0.15, -0.1) is 0 Å². The molecule has 0 unspecified atom stereocenters. The van der Waals surface area contributed by atoms with Crippen LogP contribution in [-0.4, -0.2) is 17.7 Å². The summed E-state index contributed by atoms with van der Waals surface area (Å²) in [7, 11) is 0. The van der Waals surface area contributed by atoms with Crippen LogP contribution < -0.4 is 0 Å². The largest absolute Gasteiger partial charge is 0.297 e. The predicted octanol–water partition coefficient (Wildman–Crippen LogP) is 3.05. The SMILES string of the molecule is C/C=N\CCc1cc(C#N)c2ncc(C)cc2c1. The second-order valence-electron chi connectivity index (χ2n) is 4.25. The first-order valence-corrected chi connectivity index (χ1v) is 5.98. The van der Waals surface area contributed by atoms with Crippen LogP contribution in [0.3, 0.4) is 0 Å². The van der Waals surface area contributed by atoms with E-state index < -0.39 is 0 Å². The van der Waals surface area contributed by atoms with Gasteiger partial charge in [0.15, 0.2) is 0 Å². The number of pyridine rings is 1. The average molecular weight is 237 g/mol. The zero-order valence-corrected chi connectivity index (χ0v) is 10.6. The molecule has 0 radical (unpaired) electrons. The van der Waals surface area contributed by atoms with Gasteiger partial charge in [0.2, 0.25) is 0 Å². The van der Waals surface area contributed by atoms with Crippen LogP contribution in [0.2, 0.25) is 0 Å². The van der Waals surface area contributed by atoms with Crippen LogP contribution in [0.25, 0.3) is 10.9 Å². The Labute approximate surface area is 107 Å². The molecular formula is C15H15N3. The molecule has 18 heavy (non-hydrogen) atoms. The predicted molar refractivity (Wildman–Crippen MR) is 73.9 cm³/mol. The average Bonchev–Trinajstić information content (AvgIpc) is 2.37. The first-order valence-electron chi connectivity index (χ1n) is 5.98. The number of nitriles is 1.